The smallest absolute Gasteiger partial charge is 0.305 e. The molecule has 0 aliphatic carbocycles. The molecule has 1 aliphatic heterocycles. The number of hydrogen-bond acceptors (Lipinski definition) is 6. The standard InChI is InChI=1S/C12H16N4O3/c1-19-10(18)4-2-3-5-16-8-15-11-9(17)6-13-7-14-12(11)16/h7-8H,2-6H2,1H3,(H,13,14). The zero-order valence-electron chi connectivity index (χ0n) is 10.8. The van der Waals surface area contributed by atoms with Crippen LogP contribution in [0.2, 0.25) is 0 Å². The van der Waals surface area contributed by atoms with Gasteiger partial charge in [0.25, 0.3) is 0 Å². The van der Waals surface area contributed by atoms with Crippen molar-refractivity contribution in [1.29, 1.82) is 0 Å². The van der Waals surface area contributed by atoms with Crippen molar-refractivity contribution in [3.8, 4) is 0 Å². The third-order valence-electron chi connectivity index (χ3n) is 2.89. The molecule has 7 nitrogen and oxygen atoms in total. The first kappa shape index (κ1) is 13.3. The van der Waals surface area contributed by atoms with Crippen molar-refractivity contribution in [3.05, 3.63) is 12.0 Å². The van der Waals surface area contributed by atoms with Gasteiger partial charge in [0.05, 0.1) is 19.8 Å². The van der Waals surface area contributed by atoms with E-state index in [0.717, 1.165) is 12.8 Å². The van der Waals surface area contributed by atoms with Gasteiger partial charge in [0.2, 0.25) is 5.78 Å². The number of rotatable bonds is 5. The lowest BCUT2D eigenvalue weighted by molar-refractivity contribution is -0.140. The summed E-state index contributed by atoms with van der Waals surface area (Å²) in [6, 6.07) is 0. The Balaban J connectivity index is 1.93. The fourth-order valence-electron chi connectivity index (χ4n) is 1.87. The molecule has 0 saturated heterocycles. The van der Waals surface area contributed by atoms with Crippen molar-refractivity contribution in [2.24, 2.45) is 4.99 Å². The molecule has 0 aromatic carbocycles. The molecule has 0 amide bonds. The van der Waals surface area contributed by atoms with Gasteiger partial charge in [-0.3, -0.25) is 14.6 Å². The van der Waals surface area contributed by atoms with E-state index < -0.39 is 0 Å². The minimum absolute atomic E-state index is 0.0930. The van der Waals surface area contributed by atoms with Crippen LogP contribution in [-0.2, 0) is 16.1 Å². The van der Waals surface area contributed by atoms with E-state index in [1.165, 1.54) is 13.4 Å². The first-order valence-corrected chi connectivity index (χ1v) is 6.12. The number of esters is 1. The van der Waals surface area contributed by atoms with E-state index in [2.05, 4.69) is 20.0 Å². The molecule has 0 atom stereocenters. The Morgan fingerprint density at radius 2 is 2.37 bits per heavy atom. The third kappa shape index (κ3) is 3.18. The average molecular weight is 264 g/mol. The fourth-order valence-corrected chi connectivity index (χ4v) is 1.87. The molecule has 0 unspecified atom stereocenters. The Kier molecular flexibility index (Phi) is 4.27. The van der Waals surface area contributed by atoms with E-state index in [-0.39, 0.29) is 18.3 Å². The SMILES string of the molecule is COC(=O)CCCCn1cnc2c1NC=NCC2=O. The predicted octanol–water partition coefficient (Wildman–Crippen LogP) is 0.863. The maximum Gasteiger partial charge on any atom is 0.305 e. The Morgan fingerprint density at radius 1 is 1.53 bits per heavy atom. The molecule has 2 heterocycles. The lowest BCUT2D eigenvalue weighted by Gasteiger charge is -2.07. The second-order valence-electron chi connectivity index (χ2n) is 4.21. The van der Waals surface area contributed by atoms with Crippen LogP contribution in [0.1, 0.15) is 29.8 Å². The highest BCUT2D eigenvalue weighted by molar-refractivity contribution is 6.03. The Bertz CT molecular complexity index is 507. The summed E-state index contributed by atoms with van der Waals surface area (Å²) in [6.45, 7) is 0.812. The van der Waals surface area contributed by atoms with E-state index in [1.54, 1.807) is 6.33 Å². The fraction of sp³-hybridized carbons (Fsp3) is 0.500. The minimum atomic E-state index is -0.204. The van der Waals surface area contributed by atoms with Crippen LogP contribution in [-0.4, -0.2) is 41.3 Å². The van der Waals surface area contributed by atoms with Crippen molar-refractivity contribution >= 4 is 23.9 Å². The maximum atomic E-state index is 11.7. The lowest BCUT2D eigenvalue weighted by atomic mass is 10.2. The minimum Gasteiger partial charge on any atom is -0.469 e. The highest BCUT2D eigenvalue weighted by atomic mass is 16.5. The van der Waals surface area contributed by atoms with Crippen LogP contribution in [0.25, 0.3) is 0 Å². The van der Waals surface area contributed by atoms with Gasteiger partial charge in [-0.25, -0.2) is 4.98 Å². The molecule has 0 radical (unpaired) electrons. The molecule has 0 bridgehead atoms. The summed E-state index contributed by atoms with van der Waals surface area (Å²) >= 11 is 0. The number of nitrogens with one attached hydrogen (secondary N) is 1. The van der Waals surface area contributed by atoms with Gasteiger partial charge in [0.1, 0.15) is 12.4 Å². The second-order valence-corrected chi connectivity index (χ2v) is 4.21. The second kappa shape index (κ2) is 6.12. The molecule has 1 N–H and O–H groups in total. The van der Waals surface area contributed by atoms with Crippen molar-refractivity contribution in [1.82, 2.24) is 9.55 Å². The van der Waals surface area contributed by atoms with E-state index in [9.17, 15) is 9.59 Å². The number of hydrogen-bond donors (Lipinski definition) is 1. The van der Waals surface area contributed by atoms with Crippen LogP contribution in [0.3, 0.4) is 0 Å². The molecule has 0 fully saturated rings. The quantitative estimate of drug-likeness (QED) is 0.629. The Labute approximate surface area is 110 Å². The molecule has 2 rings (SSSR count). The van der Waals surface area contributed by atoms with Gasteiger partial charge >= 0.3 is 5.97 Å². The molecule has 7 heteroatoms. The van der Waals surface area contributed by atoms with Crippen molar-refractivity contribution < 1.29 is 14.3 Å². The Morgan fingerprint density at radius 3 is 3.16 bits per heavy atom. The number of fused-ring (bicyclic) bond motifs is 1. The van der Waals surface area contributed by atoms with E-state index in [1.807, 2.05) is 4.57 Å². The summed E-state index contributed by atoms with van der Waals surface area (Å²) in [5.41, 5.74) is 0.422. The predicted molar refractivity (Wildman–Crippen MR) is 69.4 cm³/mol. The van der Waals surface area contributed by atoms with Crippen molar-refractivity contribution in [2.75, 3.05) is 19.0 Å². The van der Waals surface area contributed by atoms with Gasteiger partial charge in [-0.05, 0) is 12.8 Å². The highest BCUT2D eigenvalue weighted by Gasteiger charge is 2.18. The summed E-state index contributed by atoms with van der Waals surface area (Å²) in [4.78, 5) is 30.7. The number of aryl methyl sites for hydroxylation is 1. The summed E-state index contributed by atoms with van der Waals surface area (Å²) in [5, 5.41) is 2.96. The van der Waals surface area contributed by atoms with Crippen LogP contribution >= 0.6 is 0 Å². The van der Waals surface area contributed by atoms with Crippen LogP contribution in [0.15, 0.2) is 11.3 Å². The third-order valence-corrected chi connectivity index (χ3v) is 2.89. The van der Waals surface area contributed by atoms with Crippen LogP contribution < -0.4 is 5.32 Å². The molecule has 0 saturated carbocycles. The number of methoxy groups -OCH3 is 1. The number of Topliss-reactive ketones (excluding diaryl/α,β-unsaturated/α-hetero) is 1. The van der Waals surface area contributed by atoms with Crippen LogP contribution in [0.4, 0.5) is 5.82 Å². The first-order valence-electron chi connectivity index (χ1n) is 6.12. The van der Waals surface area contributed by atoms with Crippen LogP contribution in [0.5, 0.6) is 0 Å². The molecular weight excluding hydrogens is 248 g/mol. The number of unbranched alkanes of at least 4 members (excludes halogenated alkanes) is 1. The molecule has 19 heavy (non-hydrogen) atoms. The number of anilines is 1. The molecule has 1 aromatic heterocycles. The van der Waals surface area contributed by atoms with Gasteiger partial charge in [-0.1, -0.05) is 0 Å². The monoisotopic (exact) mass is 264 g/mol. The number of nitrogens with zero attached hydrogens (tertiary/aromatic N) is 3. The van der Waals surface area contributed by atoms with Crippen LogP contribution in [0, 0.1) is 0 Å². The maximum absolute atomic E-state index is 11.7. The summed E-state index contributed by atoms with van der Waals surface area (Å²) in [5.74, 6) is 0.374. The Hall–Kier alpha value is -2.18. The zero-order valence-corrected chi connectivity index (χ0v) is 10.8. The average Bonchev–Trinajstić information content (AvgIpc) is 2.73. The summed E-state index contributed by atoms with van der Waals surface area (Å²) in [6.07, 6.45) is 5.09. The molecular formula is C12H16N4O3. The van der Waals surface area contributed by atoms with Gasteiger partial charge in [0.15, 0.2) is 5.69 Å². The molecule has 1 aromatic rings. The highest BCUT2D eigenvalue weighted by Crippen LogP contribution is 2.17. The first-order chi connectivity index (χ1) is 9.22. The number of aliphatic imine (C=N–C) groups is 1. The summed E-state index contributed by atoms with van der Waals surface area (Å²) < 4.78 is 6.44. The van der Waals surface area contributed by atoms with E-state index in [0.29, 0.717) is 24.5 Å². The largest absolute Gasteiger partial charge is 0.469 e. The number of ether oxygens (including phenoxy) is 1. The summed E-state index contributed by atoms with van der Waals surface area (Å²) in [7, 11) is 1.38. The normalized spacial score (nSPS) is 13.6. The number of carbonyl (C=O) groups excluding carboxylic acids is 2. The zero-order chi connectivity index (χ0) is 13.7. The van der Waals surface area contributed by atoms with Gasteiger partial charge in [-0.15, -0.1) is 0 Å². The van der Waals surface area contributed by atoms with E-state index in [4.69, 9.17) is 0 Å². The van der Waals surface area contributed by atoms with Gasteiger partial charge in [0, 0.05) is 13.0 Å². The van der Waals surface area contributed by atoms with E-state index >= 15 is 0 Å². The van der Waals surface area contributed by atoms with Gasteiger partial charge < -0.3 is 14.6 Å². The topological polar surface area (TPSA) is 85.6 Å². The lowest BCUT2D eigenvalue weighted by Crippen LogP contribution is -2.07. The number of imidazole rings is 1. The van der Waals surface area contributed by atoms with Crippen molar-refractivity contribution in [2.45, 2.75) is 25.8 Å². The van der Waals surface area contributed by atoms with Gasteiger partial charge in [-0.2, -0.15) is 0 Å². The molecule has 102 valence electrons. The number of carbonyl (C=O) groups is 2. The van der Waals surface area contributed by atoms with Crippen molar-refractivity contribution in [3.63, 3.8) is 0 Å². The molecule has 1 aliphatic rings. The number of aromatic nitrogens is 2. The molecule has 0 spiro atoms. The number of ketones is 1.